The van der Waals surface area contributed by atoms with Crippen LogP contribution in [0.3, 0.4) is 0 Å². The van der Waals surface area contributed by atoms with Crippen LogP contribution in [0, 0.1) is 6.92 Å². The monoisotopic (exact) mass is 440 g/mol. The molecule has 1 aromatic heterocycles. The maximum Gasteiger partial charge on any atom is 0.387 e. The lowest BCUT2D eigenvalue weighted by atomic mass is 10.1. The number of fused-ring (bicyclic) bond motifs is 1. The first-order valence-electron chi connectivity index (χ1n) is 9.25. The number of esters is 1. The number of benzene rings is 1. The predicted octanol–water partition coefficient (Wildman–Crippen LogP) is 5.52. The molecule has 9 heteroatoms. The molecule has 29 heavy (non-hydrogen) atoms. The van der Waals surface area contributed by atoms with Crippen LogP contribution in [0.15, 0.2) is 18.2 Å². The molecule has 0 atom stereocenters. The molecule has 0 aliphatic heterocycles. The highest BCUT2D eigenvalue weighted by molar-refractivity contribution is 7.80. The second kappa shape index (κ2) is 9.49. The molecule has 1 aliphatic rings. The van der Waals surface area contributed by atoms with Gasteiger partial charge in [0.1, 0.15) is 10.8 Å². The molecular weight excluding hydrogens is 418 g/mol. The molecule has 0 saturated heterocycles. The SMILES string of the molecule is COC(=O)c1c(NC(=S)Nc2ccc(C)cc2OC(F)F)sc2c1CCCCC2. The Balaban J connectivity index is 1.84. The summed E-state index contributed by atoms with van der Waals surface area (Å²) in [5.41, 5.74) is 2.61. The van der Waals surface area contributed by atoms with E-state index in [9.17, 15) is 13.6 Å². The molecule has 156 valence electrons. The van der Waals surface area contributed by atoms with Crippen LogP contribution in [0.25, 0.3) is 0 Å². The summed E-state index contributed by atoms with van der Waals surface area (Å²) in [6.07, 6.45) is 4.96. The van der Waals surface area contributed by atoms with E-state index in [0.717, 1.165) is 48.1 Å². The number of thiocarbonyl (C=S) groups is 1. The number of carbonyl (C=O) groups is 1. The van der Waals surface area contributed by atoms with Crippen LogP contribution < -0.4 is 15.4 Å². The molecular formula is C20H22F2N2O3S2. The van der Waals surface area contributed by atoms with Gasteiger partial charge in [0.25, 0.3) is 0 Å². The van der Waals surface area contributed by atoms with Gasteiger partial charge in [0, 0.05) is 4.88 Å². The number of ether oxygens (including phenoxy) is 2. The van der Waals surface area contributed by atoms with E-state index in [-0.39, 0.29) is 10.9 Å². The normalized spacial score (nSPS) is 13.4. The predicted molar refractivity (Wildman–Crippen MR) is 115 cm³/mol. The number of methoxy groups -OCH3 is 1. The fourth-order valence-corrected chi connectivity index (χ4v) is 4.89. The lowest BCUT2D eigenvalue weighted by Gasteiger charge is -2.15. The first-order chi connectivity index (χ1) is 13.9. The van der Waals surface area contributed by atoms with Crippen molar-refractivity contribution in [2.45, 2.75) is 45.6 Å². The van der Waals surface area contributed by atoms with Crippen molar-refractivity contribution in [1.29, 1.82) is 0 Å². The van der Waals surface area contributed by atoms with E-state index in [1.165, 1.54) is 24.5 Å². The zero-order chi connectivity index (χ0) is 21.0. The van der Waals surface area contributed by atoms with E-state index < -0.39 is 12.6 Å². The van der Waals surface area contributed by atoms with Gasteiger partial charge in [-0.05, 0) is 68.1 Å². The van der Waals surface area contributed by atoms with Crippen molar-refractivity contribution < 1.29 is 23.0 Å². The molecule has 2 N–H and O–H groups in total. The second-order valence-electron chi connectivity index (χ2n) is 6.72. The molecule has 0 fully saturated rings. The number of anilines is 2. The van der Waals surface area contributed by atoms with E-state index in [4.69, 9.17) is 17.0 Å². The summed E-state index contributed by atoms with van der Waals surface area (Å²) < 4.78 is 35.0. The van der Waals surface area contributed by atoms with Crippen LogP contribution >= 0.6 is 23.6 Å². The summed E-state index contributed by atoms with van der Waals surface area (Å²) in [5, 5.41) is 6.70. The summed E-state index contributed by atoms with van der Waals surface area (Å²) in [5.74, 6) is -0.411. The minimum atomic E-state index is -2.95. The van der Waals surface area contributed by atoms with E-state index in [1.807, 2.05) is 0 Å². The summed E-state index contributed by atoms with van der Waals surface area (Å²) in [7, 11) is 1.35. The second-order valence-corrected chi connectivity index (χ2v) is 8.23. The first kappa shape index (κ1) is 21.4. The Kier molecular flexibility index (Phi) is 7.02. The van der Waals surface area contributed by atoms with Crippen LogP contribution in [-0.4, -0.2) is 24.8 Å². The molecule has 1 aliphatic carbocycles. The smallest absolute Gasteiger partial charge is 0.387 e. The van der Waals surface area contributed by atoms with E-state index in [2.05, 4.69) is 15.4 Å². The van der Waals surface area contributed by atoms with E-state index >= 15 is 0 Å². The first-order valence-corrected chi connectivity index (χ1v) is 10.5. The number of aryl methyl sites for hydroxylation is 2. The number of alkyl halides is 2. The summed E-state index contributed by atoms with van der Waals surface area (Å²) >= 11 is 6.85. The number of halogens is 2. The van der Waals surface area contributed by atoms with Crippen LogP contribution in [0.5, 0.6) is 5.75 Å². The fourth-order valence-electron chi connectivity index (χ4n) is 3.33. The van der Waals surface area contributed by atoms with Gasteiger partial charge in [0.2, 0.25) is 0 Å². The number of carbonyl (C=O) groups excluding carboxylic acids is 1. The molecule has 2 aromatic rings. The maximum absolute atomic E-state index is 12.7. The molecule has 5 nitrogen and oxygen atoms in total. The summed E-state index contributed by atoms with van der Waals surface area (Å²) in [4.78, 5) is 13.6. The summed E-state index contributed by atoms with van der Waals surface area (Å²) in [6.45, 7) is -1.17. The lowest BCUT2D eigenvalue weighted by Crippen LogP contribution is -2.21. The zero-order valence-corrected chi connectivity index (χ0v) is 17.8. The standard InChI is InChI=1S/C20H22F2N2O3S2/c1-11-8-9-13(14(10-11)27-19(21)22)23-20(28)24-17-16(18(25)26-2)12-6-4-3-5-7-15(12)29-17/h8-10,19H,3-7H2,1-2H3,(H2,23,24,28). The number of rotatable bonds is 5. The number of hydrogen-bond acceptors (Lipinski definition) is 5. The number of nitrogens with one attached hydrogen (secondary N) is 2. The number of thiophene rings is 1. The third-order valence-corrected chi connectivity index (χ3v) is 6.05. The van der Waals surface area contributed by atoms with Gasteiger partial charge in [0.05, 0.1) is 18.4 Å². The van der Waals surface area contributed by atoms with Gasteiger partial charge in [-0.25, -0.2) is 4.79 Å². The average molecular weight is 441 g/mol. The van der Waals surface area contributed by atoms with Crippen LogP contribution in [0.1, 0.15) is 45.6 Å². The molecule has 1 heterocycles. The van der Waals surface area contributed by atoms with Crippen molar-refractivity contribution in [1.82, 2.24) is 0 Å². The average Bonchev–Trinajstić information content (AvgIpc) is 2.83. The molecule has 0 spiro atoms. The van der Waals surface area contributed by atoms with Crippen LogP contribution in [0.4, 0.5) is 19.5 Å². The van der Waals surface area contributed by atoms with Crippen molar-refractivity contribution in [3.05, 3.63) is 39.8 Å². The molecule has 0 bridgehead atoms. The summed E-state index contributed by atoms with van der Waals surface area (Å²) in [6, 6.07) is 4.88. The Morgan fingerprint density at radius 2 is 1.97 bits per heavy atom. The molecule has 0 amide bonds. The highest BCUT2D eigenvalue weighted by Crippen LogP contribution is 2.38. The van der Waals surface area contributed by atoms with Crippen molar-refractivity contribution in [2.24, 2.45) is 0 Å². The zero-order valence-electron chi connectivity index (χ0n) is 16.1. The Labute approximate surface area is 177 Å². The van der Waals surface area contributed by atoms with E-state index in [1.54, 1.807) is 19.1 Å². The van der Waals surface area contributed by atoms with Crippen LogP contribution in [0.2, 0.25) is 0 Å². The van der Waals surface area contributed by atoms with E-state index in [0.29, 0.717) is 16.3 Å². The topological polar surface area (TPSA) is 59.6 Å². The van der Waals surface area contributed by atoms with Crippen molar-refractivity contribution in [3.63, 3.8) is 0 Å². The Morgan fingerprint density at radius 1 is 1.21 bits per heavy atom. The van der Waals surface area contributed by atoms with Gasteiger partial charge < -0.3 is 20.1 Å². The van der Waals surface area contributed by atoms with Gasteiger partial charge in [-0.15, -0.1) is 11.3 Å². The minimum Gasteiger partial charge on any atom is -0.465 e. The Hall–Kier alpha value is -2.26. The highest BCUT2D eigenvalue weighted by atomic mass is 32.1. The highest BCUT2D eigenvalue weighted by Gasteiger charge is 2.26. The van der Waals surface area contributed by atoms with Crippen molar-refractivity contribution in [2.75, 3.05) is 17.7 Å². The lowest BCUT2D eigenvalue weighted by molar-refractivity contribution is -0.0493. The molecule has 1 aromatic carbocycles. The minimum absolute atomic E-state index is 0.000645. The molecule has 0 unspecified atom stereocenters. The fraction of sp³-hybridized carbons (Fsp3) is 0.400. The third kappa shape index (κ3) is 5.22. The Morgan fingerprint density at radius 3 is 2.69 bits per heavy atom. The molecule has 0 radical (unpaired) electrons. The quantitative estimate of drug-likeness (QED) is 0.363. The number of hydrogen-bond donors (Lipinski definition) is 2. The van der Waals surface area contributed by atoms with Gasteiger partial charge in [-0.2, -0.15) is 8.78 Å². The van der Waals surface area contributed by atoms with Gasteiger partial charge >= 0.3 is 12.6 Å². The van der Waals surface area contributed by atoms with Crippen molar-refractivity contribution >= 4 is 45.3 Å². The van der Waals surface area contributed by atoms with Gasteiger partial charge in [-0.3, -0.25) is 0 Å². The third-order valence-electron chi connectivity index (χ3n) is 4.64. The van der Waals surface area contributed by atoms with Gasteiger partial charge in [-0.1, -0.05) is 12.5 Å². The van der Waals surface area contributed by atoms with Gasteiger partial charge in [0.15, 0.2) is 5.11 Å². The Bertz CT molecular complexity index is 915. The van der Waals surface area contributed by atoms with Crippen molar-refractivity contribution in [3.8, 4) is 5.75 Å². The van der Waals surface area contributed by atoms with Crippen LogP contribution in [-0.2, 0) is 17.6 Å². The molecule has 3 rings (SSSR count). The largest absolute Gasteiger partial charge is 0.465 e. The maximum atomic E-state index is 12.7. The molecule has 0 saturated carbocycles.